The average molecular weight is 353 g/mol. The molecule has 0 radical (unpaired) electrons. The molecule has 0 saturated heterocycles. The van der Waals surface area contributed by atoms with Gasteiger partial charge in [-0.05, 0) is 6.07 Å². The first kappa shape index (κ1) is 16.4. The monoisotopic (exact) mass is 353 g/mol. The Hall–Kier alpha value is -3.45. The molecule has 0 unspecified atom stereocenters. The fourth-order valence-electron chi connectivity index (χ4n) is 2.12. The third-order valence-electron chi connectivity index (χ3n) is 3.30. The molecule has 25 heavy (non-hydrogen) atoms. The van der Waals surface area contributed by atoms with E-state index in [1.807, 2.05) is 12.1 Å². The lowest BCUT2D eigenvalue weighted by molar-refractivity contribution is 0.995. The molecule has 0 spiro atoms. The predicted molar refractivity (Wildman–Crippen MR) is 98.1 cm³/mol. The van der Waals surface area contributed by atoms with Crippen LogP contribution in [0.3, 0.4) is 0 Å². The Kier molecular flexibility index (Phi) is 4.87. The van der Waals surface area contributed by atoms with Crippen LogP contribution in [0.25, 0.3) is 15.8 Å². The SMILES string of the molecule is N#CCN/C=C(\C=N)c1cnc(N)c(NCc2cc3[nH]ncc3s2)n1. The molecule has 0 fully saturated rings. The number of rotatable bonds is 7. The Balaban J connectivity index is 1.76. The molecule has 0 saturated carbocycles. The molecule has 0 bridgehead atoms. The van der Waals surface area contributed by atoms with Crippen molar-refractivity contribution in [1.82, 2.24) is 25.5 Å². The van der Waals surface area contributed by atoms with Gasteiger partial charge >= 0.3 is 0 Å². The van der Waals surface area contributed by atoms with Gasteiger partial charge in [0, 0.05) is 22.9 Å². The van der Waals surface area contributed by atoms with Gasteiger partial charge in [0.2, 0.25) is 0 Å². The van der Waals surface area contributed by atoms with Gasteiger partial charge in [0.25, 0.3) is 0 Å². The zero-order valence-electron chi connectivity index (χ0n) is 13.1. The van der Waals surface area contributed by atoms with Crippen LogP contribution in [0.15, 0.2) is 24.7 Å². The summed E-state index contributed by atoms with van der Waals surface area (Å²) in [5.74, 6) is 0.725. The minimum atomic E-state index is 0.144. The topological polar surface area (TPSA) is 152 Å². The van der Waals surface area contributed by atoms with Crippen LogP contribution in [0.4, 0.5) is 11.6 Å². The predicted octanol–water partition coefficient (Wildman–Crippen LogP) is 1.71. The van der Waals surface area contributed by atoms with Crippen LogP contribution in [0.1, 0.15) is 10.6 Å². The fraction of sp³-hybridized carbons (Fsp3) is 0.133. The van der Waals surface area contributed by atoms with Crippen LogP contribution in [0, 0.1) is 16.7 Å². The molecule has 10 heteroatoms. The molecule has 0 atom stereocenters. The van der Waals surface area contributed by atoms with Crippen LogP contribution >= 0.6 is 11.3 Å². The third-order valence-corrected chi connectivity index (χ3v) is 4.37. The van der Waals surface area contributed by atoms with Crippen LogP contribution < -0.4 is 16.4 Å². The quantitative estimate of drug-likeness (QED) is 0.246. The Labute approximate surface area is 147 Å². The molecule has 126 valence electrons. The van der Waals surface area contributed by atoms with Crippen LogP contribution in [-0.4, -0.2) is 32.9 Å². The third kappa shape index (κ3) is 3.73. The lowest BCUT2D eigenvalue weighted by Gasteiger charge is -2.09. The van der Waals surface area contributed by atoms with E-state index < -0.39 is 0 Å². The highest BCUT2D eigenvalue weighted by Gasteiger charge is 2.09. The van der Waals surface area contributed by atoms with Crippen LogP contribution in [0.5, 0.6) is 0 Å². The van der Waals surface area contributed by atoms with Crippen molar-refractivity contribution < 1.29 is 0 Å². The van der Waals surface area contributed by atoms with Gasteiger partial charge < -0.3 is 21.8 Å². The molecule has 3 rings (SSSR count). The van der Waals surface area contributed by atoms with Crippen LogP contribution in [-0.2, 0) is 6.54 Å². The normalized spacial score (nSPS) is 11.2. The molecule has 3 aromatic rings. The Morgan fingerprint density at radius 1 is 1.48 bits per heavy atom. The first-order valence-electron chi connectivity index (χ1n) is 7.30. The second kappa shape index (κ2) is 7.41. The summed E-state index contributed by atoms with van der Waals surface area (Å²) < 4.78 is 1.09. The number of hydrogen-bond acceptors (Lipinski definition) is 9. The van der Waals surface area contributed by atoms with Crippen molar-refractivity contribution in [3.8, 4) is 6.07 Å². The molecular formula is C15H15N9S. The number of nitrogens with two attached hydrogens (primary N) is 1. The van der Waals surface area contributed by atoms with E-state index in [2.05, 4.69) is 30.8 Å². The van der Waals surface area contributed by atoms with Gasteiger partial charge in [0.1, 0.15) is 6.54 Å². The van der Waals surface area contributed by atoms with Gasteiger partial charge in [-0.2, -0.15) is 10.4 Å². The van der Waals surface area contributed by atoms with E-state index in [4.69, 9.17) is 16.4 Å². The van der Waals surface area contributed by atoms with E-state index in [0.717, 1.165) is 21.3 Å². The summed E-state index contributed by atoms with van der Waals surface area (Å²) in [5.41, 5.74) is 7.87. The van der Waals surface area contributed by atoms with Crippen molar-refractivity contribution in [2.75, 3.05) is 17.6 Å². The van der Waals surface area contributed by atoms with Crippen molar-refractivity contribution in [2.45, 2.75) is 6.54 Å². The van der Waals surface area contributed by atoms with Gasteiger partial charge in [0.15, 0.2) is 11.6 Å². The minimum absolute atomic E-state index is 0.144. The molecule has 0 aliphatic carbocycles. The highest BCUT2D eigenvalue weighted by atomic mass is 32.1. The molecule has 6 N–H and O–H groups in total. The summed E-state index contributed by atoms with van der Waals surface area (Å²) in [7, 11) is 0. The van der Waals surface area contributed by atoms with Crippen molar-refractivity contribution in [3.63, 3.8) is 0 Å². The van der Waals surface area contributed by atoms with Crippen molar-refractivity contribution in [3.05, 3.63) is 35.2 Å². The average Bonchev–Trinajstić information content (AvgIpc) is 3.20. The number of H-pyrrole nitrogens is 1. The van der Waals surface area contributed by atoms with Gasteiger partial charge in [-0.3, -0.25) is 5.10 Å². The summed E-state index contributed by atoms with van der Waals surface area (Å²) in [6.07, 6.45) is 5.97. The molecule has 3 aromatic heterocycles. The van der Waals surface area contributed by atoms with E-state index in [1.165, 1.54) is 6.20 Å². The summed E-state index contributed by atoms with van der Waals surface area (Å²) in [5, 5.41) is 28.9. The zero-order chi connectivity index (χ0) is 17.6. The number of allylic oxidation sites excluding steroid dienone is 1. The summed E-state index contributed by atoms with van der Waals surface area (Å²) in [4.78, 5) is 9.65. The molecule has 9 nitrogen and oxygen atoms in total. The van der Waals surface area contributed by atoms with Crippen LogP contribution in [0.2, 0.25) is 0 Å². The number of nitriles is 1. The number of aromatic nitrogens is 4. The molecule has 0 aliphatic heterocycles. The Morgan fingerprint density at radius 3 is 3.12 bits per heavy atom. The number of anilines is 2. The number of thiophene rings is 1. The lowest BCUT2D eigenvalue weighted by Crippen LogP contribution is -2.09. The maximum absolute atomic E-state index is 8.56. The number of fused-ring (bicyclic) bond motifs is 1. The van der Waals surface area contributed by atoms with Crippen molar-refractivity contribution in [1.29, 1.82) is 10.7 Å². The number of hydrogen-bond donors (Lipinski definition) is 5. The first-order valence-corrected chi connectivity index (χ1v) is 8.12. The van der Waals surface area contributed by atoms with Crippen molar-refractivity contribution >= 4 is 45.0 Å². The lowest BCUT2D eigenvalue weighted by atomic mass is 10.2. The Morgan fingerprint density at radius 2 is 2.36 bits per heavy atom. The van der Waals surface area contributed by atoms with Crippen molar-refractivity contribution in [2.24, 2.45) is 0 Å². The van der Waals surface area contributed by atoms with Gasteiger partial charge in [-0.15, -0.1) is 11.3 Å². The summed E-state index contributed by atoms with van der Waals surface area (Å²) in [6.45, 7) is 0.692. The van der Waals surface area contributed by atoms with E-state index in [0.29, 0.717) is 23.6 Å². The molecule has 0 amide bonds. The number of aromatic amines is 1. The van der Waals surface area contributed by atoms with E-state index >= 15 is 0 Å². The molecule has 0 aliphatic rings. The van der Waals surface area contributed by atoms with E-state index in [1.54, 1.807) is 23.7 Å². The number of nitrogen functional groups attached to an aromatic ring is 1. The zero-order valence-corrected chi connectivity index (χ0v) is 13.9. The second-order valence-electron chi connectivity index (χ2n) is 4.99. The van der Waals surface area contributed by atoms with E-state index in [-0.39, 0.29) is 12.4 Å². The van der Waals surface area contributed by atoms with Gasteiger partial charge in [-0.1, -0.05) is 0 Å². The molecular weight excluding hydrogens is 338 g/mol. The summed E-state index contributed by atoms with van der Waals surface area (Å²) in [6, 6.07) is 3.98. The standard InChI is InChI=1S/C15H15N9S/c16-1-2-19-5-9(4-17)12-7-20-14(18)15(23-12)21-6-10-3-11-13(25-10)8-22-24-11/h3-5,7-8,17,19H,2,6H2,(H2,18,20)(H,21,23)(H,22,24)/b9-5+,17-4?. The summed E-state index contributed by atoms with van der Waals surface area (Å²) >= 11 is 1.62. The number of nitrogens with zero attached hydrogens (tertiary/aromatic N) is 4. The highest BCUT2D eigenvalue weighted by molar-refractivity contribution is 7.19. The molecule has 3 heterocycles. The smallest absolute Gasteiger partial charge is 0.169 e. The number of nitrogens with one attached hydrogen (secondary N) is 4. The molecule has 0 aromatic carbocycles. The maximum atomic E-state index is 8.56. The van der Waals surface area contributed by atoms with Gasteiger partial charge in [0.05, 0.1) is 40.9 Å². The maximum Gasteiger partial charge on any atom is 0.169 e. The largest absolute Gasteiger partial charge is 0.381 e. The second-order valence-corrected chi connectivity index (χ2v) is 6.15. The first-order chi connectivity index (χ1) is 12.2. The highest BCUT2D eigenvalue weighted by Crippen LogP contribution is 2.25. The van der Waals surface area contributed by atoms with E-state index in [9.17, 15) is 0 Å². The minimum Gasteiger partial charge on any atom is -0.381 e. The van der Waals surface area contributed by atoms with Gasteiger partial charge in [-0.25, -0.2) is 9.97 Å². The fourth-order valence-corrected chi connectivity index (χ4v) is 3.05. The Bertz CT molecular complexity index is 934.